The monoisotopic (exact) mass is 408 g/mol. The van der Waals surface area contributed by atoms with Crippen LogP contribution < -0.4 is 5.43 Å². The zero-order valence-electron chi connectivity index (χ0n) is 14.2. The summed E-state index contributed by atoms with van der Waals surface area (Å²) in [5.41, 5.74) is 5.36. The summed E-state index contributed by atoms with van der Waals surface area (Å²) in [6, 6.07) is 14.0. The van der Waals surface area contributed by atoms with Crippen molar-refractivity contribution in [3.05, 3.63) is 59.1 Å². The minimum atomic E-state index is -3.49. The van der Waals surface area contributed by atoms with Crippen molar-refractivity contribution in [2.24, 2.45) is 10.1 Å². The van der Waals surface area contributed by atoms with Gasteiger partial charge < -0.3 is 0 Å². The molecule has 2 aromatic carbocycles. The summed E-state index contributed by atoms with van der Waals surface area (Å²) in [7, 11) is -0.491. The number of amidine groups is 1. The van der Waals surface area contributed by atoms with E-state index in [2.05, 4.69) is 15.5 Å². The van der Waals surface area contributed by atoms with Gasteiger partial charge in [-0.3, -0.25) is 5.43 Å². The Morgan fingerprint density at radius 2 is 1.92 bits per heavy atom. The van der Waals surface area contributed by atoms with Gasteiger partial charge in [-0.05, 0) is 35.9 Å². The maximum atomic E-state index is 12.2. The Morgan fingerprint density at radius 1 is 1.19 bits per heavy atom. The van der Waals surface area contributed by atoms with Gasteiger partial charge in [0.05, 0.1) is 16.3 Å². The Kier molecular flexibility index (Phi) is 5.67. The Balaban J connectivity index is 1.79. The highest BCUT2D eigenvalue weighted by atomic mass is 35.5. The maximum absolute atomic E-state index is 12.2. The molecule has 0 radical (unpaired) electrons. The number of rotatable bonds is 4. The number of aliphatic imine (C=N–C) groups is 1. The average Bonchev–Trinajstić information content (AvgIpc) is 2.63. The maximum Gasteiger partial charge on any atom is 0.242 e. The molecule has 0 aliphatic carbocycles. The Morgan fingerprint density at radius 3 is 2.54 bits per heavy atom. The van der Waals surface area contributed by atoms with E-state index in [4.69, 9.17) is 11.6 Å². The second-order valence-electron chi connectivity index (χ2n) is 5.67. The summed E-state index contributed by atoms with van der Waals surface area (Å²) in [6.07, 6.45) is 0. The molecule has 1 aliphatic rings. The van der Waals surface area contributed by atoms with Crippen LogP contribution in [0, 0.1) is 0 Å². The highest BCUT2D eigenvalue weighted by Crippen LogP contribution is 2.23. The first-order chi connectivity index (χ1) is 12.4. The molecule has 0 fully saturated rings. The van der Waals surface area contributed by atoms with Gasteiger partial charge in [0, 0.05) is 24.9 Å². The van der Waals surface area contributed by atoms with Crippen molar-refractivity contribution in [3.8, 4) is 0 Å². The molecule has 0 amide bonds. The first kappa shape index (κ1) is 18.9. The van der Waals surface area contributed by atoms with Crippen molar-refractivity contribution in [2.75, 3.05) is 19.8 Å². The van der Waals surface area contributed by atoms with E-state index in [-0.39, 0.29) is 4.90 Å². The molecule has 0 saturated heterocycles. The second-order valence-corrected chi connectivity index (χ2v) is 9.22. The third kappa shape index (κ3) is 4.27. The van der Waals surface area contributed by atoms with Crippen LogP contribution in [-0.2, 0) is 10.0 Å². The first-order valence-corrected chi connectivity index (χ1v) is 10.5. The lowest BCUT2D eigenvalue weighted by atomic mass is 10.1. The van der Waals surface area contributed by atoms with Gasteiger partial charge in [-0.1, -0.05) is 41.6 Å². The second kappa shape index (κ2) is 7.79. The van der Waals surface area contributed by atoms with E-state index in [1.54, 1.807) is 24.3 Å². The standard InChI is InChI=1S/C17H17ClN4O2S2/c1-22(2)26(23,24)15-5-3-4-14(10-15)19-17-21-20-16(11-25-17)12-6-8-13(18)9-7-12/h3-10H,11H2,1-2H3,(H,19,21). The molecule has 0 bridgehead atoms. The number of thioether (sulfide) groups is 1. The number of benzene rings is 2. The van der Waals surface area contributed by atoms with Gasteiger partial charge in [-0.2, -0.15) is 5.10 Å². The molecule has 2 aromatic rings. The van der Waals surface area contributed by atoms with Crippen molar-refractivity contribution in [1.29, 1.82) is 0 Å². The number of nitrogens with one attached hydrogen (secondary N) is 1. The highest BCUT2D eigenvalue weighted by Gasteiger charge is 2.18. The van der Waals surface area contributed by atoms with Crippen LogP contribution in [0.3, 0.4) is 0 Å². The van der Waals surface area contributed by atoms with E-state index in [0.717, 1.165) is 11.3 Å². The van der Waals surface area contributed by atoms with Gasteiger partial charge >= 0.3 is 0 Å². The molecule has 9 heteroatoms. The lowest BCUT2D eigenvalue weighted by Crippen LogP contribution is -2.25. The summed E-state index contributed by atoms with van der Waals surface area (Å²) in [4.78, 5) is 4.66. The van der Waals surface area contributed by atoms with Gasteiger partial charge in [0.15, 0.2) is 5.17 Å². The molecular formula is C17H17ClN4O2S2. The van der Waals surface area contributed by atoms with Crippen LogP contribution in [0.5, 0.6) is 0 Å². The van der Waals surface area contributed by atoms with Crippen LogP contribution >= 0.6 is 23.4 Å². The molecule has 1 heterocycles. The van der Waals surface area contributed by atoms with Crippen LogP contribution in [0.4, 0.5) is 5.69 Å². The van der Waals surface area contributed by atoms with Crippen LogP contribution in [0.15, 0.2) is 63.5 Å². The van der Waals surface area contributed by atoms with E-state index in [1.807, 2.05) is 24.3 Å². The summed E-state index contributed by atoms with van der Waals surface area (Å²) in [5, 5.41) is 5.65. The molecule has 0 saturated carbocycles. The third-order valence-electron chi connectivity index (χ3n) is 3.64. The van der Waals surface area contributed by atoms with Crippen molar-refractivity contribution < 1.29 is 8.42 Å². The topological polar surface area (TPSA) is 74.1 Å². The van der Waals surface area contributed by atoms with E-state index in [9.17, 15) is 8.42 Å². The Bertz CT molecular complexity index is 971. The average molecular weight is 409 g/mol. The van der Waals surface area contributed by atoms with Crippen LogP contribution in [0.1, 0.15) is 5.56 Å². The zero-order valence-corrected chi connectivity index (χ0v) is 16.6. The normalized spacial score (nSPS) is 16.5. The van der Waals surface area contributed by atoms with Crippen molar-refractivity contribution >= 4 is 50.0 Å². The summed E-state index contributed by atoms with van der Waals surface area (Å²) in [5.74, 6) is 0.656. The van der Waals surface area contributed by atoms with Crippen molar-refractivity contribution in [2.45, 2.75) is 4.90 Å². The largest absolute Gasteiger partial charge is 0.255 e. The quantitative estimate of drug-likeness (QED) is 0.842. The third-order valence-corrected chi connectivity index (χ3v) is 6.57. The van der Waals surface area contributed by atoms with Crippen LogP contribution in [0.2, 0.25) is 5.02 Å². The molecular weight excluding hydrogens is 392 g/mol. The minimum absolute atomic E-state index is 0.204. The molecule has 1 N–H and O–H groups in total. The summed E-state index contributed by atoms with van der Waals surface area (Å²) >= 11 is 7.40. The number of halogens is 1. The predicted molar refractivity (Wildman–Crippen MR) is 108 cm³/mol. The van der Waals surface area contributed by atoms with Gasteiger partial charge in [0.2, 0.25) is 10.0 Å². The number of sulfonamides is 1. The van der Waals surface area contributed by atoms with Crippen LogP contribution in [-0.4, -0.2) is 43.5 Å². The Labute approximate surface area is 162 Å². The molecule has 136 valence electrons. The number of hydrazone groups is 1. The fourth-order valence-corrected chi connectivity index (χ4v) is 4.06. The SMILES string of the molecule is CN(C)S(=O)(=O)c1cccc(N=C2NN=C(c3ccc(Cl)cc3)CS2)c1. The van der Waals surface area contributed by atoms with Gasteiger partial charge in [-0.15, -0.1) is 0 Å². The molecule has 0 unspecified atom stereocenters. The van der Waals surface area contributed by atoms with E-state index in [0.29, 0.717) is 21.6 Å². The summed E-state index contributed by atoms with van der Waals surface area (Å²) < 4.78 is 25.6. The molecule has 0 atom stereocenters. The zero-order chi connectivity index (χ0) is 18.7. The van der Waals surface area contributed by atoms with Crippen molar-refractivity contribution in [3.63, 3.8) is 0 Å². The molecule has 26 heavy (non-hydrogen) atoms. The first-order valence-electron chi connectivity index (χ1n) is 7.69. The molecule has 0 spiro atoms. The predicted octanol–water partition coefficient (Wildman–Crippen LogP) is 3.32. The Hall–Kier alpha value is -1.87. The van der Waals surface area contributed by atoms with Crippen LogP contribution in [0.25, 0.3) is 0 Å². The molecule has 6 nitrogen and oxygen atoms in total. The lowest BCUT2D eigenvalue weighted by molar-refractivity contribution is 0.521. The smallest absolute Gasteiger partial charge is 0.242 e. The van der Waals surface area contributed by atoms with E-state index < -0.39 is 10.0 Å². The van der Waals surface area contributed by atoms with E-state index in [1.165, 1.54) is 30.2 Å². The molecule has 1 aliphatic heterocycles. The van der Waals surface area contributed by atoms with Gasteiger partial charge in [0.1, 0.15) is 0 Å². The lowest BCUT2D eigenvalue weighted by Gasteiger charge is -2.15. The fraction of sp³-hybridized carbons (Fsp3) is 0.176. The summed E-state index contributed by atoms with van der Waals surface area (Å²) in [6.45, 7) is 0. The van der Waals surface area contributed by atoms with E-state index >= 15 is 0 Å². The van der Waals surface area contributed by atoms with Crippen molar-refractivity contribution in [1.82, 2.24) is 9.73 Å². The minimum Gasteiger partial charge on any atom is -0.255 e. The molecule has 0 aromatic heterocycles. The van der Waals surface area contributed by atoms with Gasteiger partial charge in [-0.25, -0.2) is 17.7 Å². The number of hydrogen-bond acceptors (Lipinski definition) is 5. The fourth-order valence-electron chi connectivity index (χ4n) is 2.21. The number of nitrogens with zero attached hydrogens (tertiary/aromatic N) is 3. The molecule has 3 rings (SSSR count). The van der Waals surface area contributed by atoms with Gasteiger partial charge in [0.25, 0.3) is 0 Å². The highest BCUT2D eigenvalue weighted by molar-refractivity contribution is 8.14. The number of hydrogen-bond donors (Lipinski definition) is 1.